The Morgan fingerprint density at radius 2 is 1.76 bits per heavy atom. The lowest BCUT2D eigenvalue weighted by Gasteiger charge is -2.40. The molecule has 1 fully saturated rings. The quantitative estimate of drug-likeness (QED) is 0.551. The number of para-hydroxylation sites is 1. The zero-order valence-electron chi connectivity index (χ0n) is 20.2. The van der Waals surface area contributed by atoms with Crippen LogP contribution in [0.25, 0.3) is 16.9 Å². The minimum Gasteiger partial charge on any atom is -0.493 e. The fraction of sp³-hybridized carbons (Fsp3) is 0.385. The lowest BCUT2D eigenvalue weighted by Crippen LogP contribution is -2.55. The van der Waals surface area contributed by atoms with Crippen molar-refractivity contribution in [3.05, 3.63) is 60.3 Å². The lowest BCUT2D eigenvalue weighted by atomic mass is 10.0. The Morgan fingerprint density at radius 3 is 2.44 bits per heavy atom. The lowest BCUT2D eigenvalue weighted by molar-refractivity contribution is -0.00923. The third-order valence-electron chi connectivity index (χ3n) is 6.19. The second kappa shape index (κ2) is 10.3. The number of ether oxygens (including phenoxy) is 3. The normalized spacial score (nSPS) is 14.6. The molecule has 34 heavy (non-hydrogen) atoms. The topological polar surface area (TPSA) is 77.9 Å². The molecule has 8 nitrogen and oxygen atoms in total. The summed E-state index contributed by atoms with van der Waals surface area (Å²) < 4.78 is 18.0. The van der Waals surface area contributed by atoms with E-state index in [1.165, 1.54) is 0 Å². The molecule has 0 spiro atoms. The van der Waals surface area contributed by atoms with Crippen LogP contribution in [0.15, 0.2) is 54.7 Å². The van der Waals surface area contributed by atoms with Gasteiger partial charge in [0.1, 0.15) is 5.69 Å². The van der Waals surface area contributed by atoms with Gasteiger partial charge in [-0.2, -0.15) is 5.10 Å². The molecule has 2 aromatic carbocycles. The molecule has 1 aliphatic rings. The standard InChI is InChI=1S/C26H32N4O4/c1-26(2,29-12-14-34-15-13-29)18-27-25(31)21-17-30(20-8-6-5-7-9-20)28-24(21)19-10-11-22(32-3)23(16-19)33-4/h5-11,16-17H,12-15,18H2,1-4H3,(H,27,31). The van der Waals surface area contributed by atoms with Gasteiger partial charge in [-0.05, 0) is 44.2 Å². The van der Waals surface area contributed by atoms with Gasteiger partial charge >= 0.3 is 0 Å². The maximum Gasteiger partial charge on any atom is 0.255 e. The molecule has 3 aromatic rings. The van der Waals surface area contributed by atoms with Crippen molar-refractivity contribution in [1.82, 2.24) is 20.0 Å². The first-order valence-electron chi connectivity index (χ1n) is 11.4. The van der Waals surface area contributed by atoms with Crippen LogP contribution in [-0.2, 0) is 4.74 Å². The van der Waals surface area contributed by atoms with Crippen LogP contribution in [0.1, 0.15) is 24.2 Å². The number of nitrogens with zero attached hydrogens (tertiary/aromatic N) is 3. The second-order valence-corrected chi connectivity index (χ2v) is 8.84. The summed E-state index contributed by atoms with van der Waals surface area (Å²) in [5, 5.41) is 7.90. The van der Waals surface area contributed by atoms with Gasteiger partial charge in [0.25, 0.3) is 5.91 Å². The Morgan fingerprint density at radius 1 is 1.06 bits per heavy atom. The highest BCUT2D eigenvalue weighted by Crippen LogP contribution is 2.33. The number of nitrogens with one attached hydrogen (secondary N) is 1. The van der Waals surface area contributed by atoms with E-state index in [1.807, 2.05) is 48.5 Å². The van der Waals surface area contributed by atoms with E-state index in [0.717, 1.165) is 24.3 Å². The summed E-state index contributed by atoms with van der Waals surface area (Å²) in [6, 6.07) is 15.3. The first-order chi connectivity index (χ1) is 16.4. The monoisotopic (exact) mass is 464 g/mol. The average molecular weight is 465 g/mol. The first-order valence-corrected chi connectivity index (χ1v) is 11.4. The van der Waals surface area contributed by atoms with Gasteiger partial charge in [-0.3, -0.25) is 9.69 Å². The predicted octanol–water partition coefficient (Wildman–Crippen LogP) is 3.40. The van der Waals surface area contributed by atoms with Crippen LogP contribution in [0.4, 0.5) is 0 Å². The minimum atomic E-state index is -0.196. The smallest absolute Gasteiger partial charge is 0.255 e. The average Bonchev–Trinajstić information content (AvgIpc) is 3.33. The molecule has 0 unspecified atom stereocenters. The highest BCUT2D eigenvalue weighted by molar-refractivity contribution is 6.00. The molecule has 4 rings (SSSR count). The van der Waals surface area contributed by atoms with Gasteiger partial charge < -0.3 is 19.5 Å². The summed E-state index contributed by atoms with van der Waals surface area (Å²) in [4.78, 5) is 15.8. The summed E-state index contributed by atoms with van der Waals surface area (Å²) in [6.07, 6.45) is 1.78. The van der Waals surface area contributed by atoms with Crippen molar-refractivity contribution in [2.24, 2.45) is 0 Å². The van der Waals surface area contributed by atoms with Crippen LogP contribution in [0, 0.1) is 0 Å². The molecular formula is C26H32N4O4. The Kier molecular flexibility index (Phi) is 7.19. The zero-order valence-corrected chi connectivity index (χ0v) is 20.2. The van der Waals surface area contributed by atoms with E-state index in [4.69, 9.17) is 19.3 Å². The van der Waals surface area contributed by atoms with E-state index in [-0.39, 0.29) is 11.4 Å². The molecule has 0 atom stereocenters. The van der Waals surface area contributed by atoms with E-state index in [1.54, 1.807) is 25.1 Å². The molecule has 0 saturated carbocycles. The highest BCUT2D eigenvalue weighted by Gasteiger charge is 2.29. The third kappa shape index (κ3) is 5.08. The fourth-order valence-corrected chi connectivity index (χ4v) is 4.12. The molecule has 8 heteroatoms. The summed E-state index contributed by atoms with van der Waals surface area (Å²) in [5.41, 5.74) is 2.51. The molecule has 1 aliphatic heterocycles. The largest absolute Gasteiger partial charge is 0.493 e. The number of aromatic nitrogens is 2. The predicted molar refractivity (Wildman–Crippen MR) is 131 cm³/mol. The van der Waals surface area contributed by atoms with Gasteiger partial charge in [-0.15, -0.1) is 0 Å². The maximum atomic E-state index is 13.4. The number of methoxy groups -OCH3 is 2. The number of hydrogen-bond acceptors (Lipinski definition) is 6. The van der Waals surface area contributed by atoms with Crippen molar-refractivity contribution >= 4 is 5.91 Å². The number of hydrogen-bond donors (Lipinski definition) is 1. The minimum absolute atomic E-state index is 0.173. The van der Waals surface area contributed by atoms with Crippen LogP contribution in [-0.4, -0.2) is 73.2 Å². The first kappa shape index (κ1) is 23.8. The van der Waals surface area contributed by atoms with Crippen molar-refractivity contribution in [3.63, 3.8) is 0 Å². The fourth-order valence-electron chi connectivity index (χ4n) is 4.12. The third-order valence-corrected chi connectivity index (χ3v) is 6.19. The van der Waals surface area contributed by atoms with E-state index in [9.17, 15) is 4.79 Å². The van der Waals surface area contributed by atoms with Crippen LogP contribution >= 0.6 is 0 Å². The van der Waals surface area contributed by atoms with Crippen molar-refractivity contribution in [2.75, 3.05) is 47.1 Å². The summed E-state index contributed by atoms with van der Waals surface area (Å²) in [6.45, 7) is 7.92. The van der Waals surface area contributed by atoms with Gasteiger partial charge in [0.15, 0.2) is 11.5 Å². The van der Waals surface area contributed by atoms with E-state index in [2.05, 4.69) is 24.1 Å². The number of carbonyl (C=O) groups is 1. The van der Waals surface area contributed by atoms with Crippen LogP contribution in [0.3, 0.4) is 0 Å². The van der Waals surface area contributed by atoms with E-state index < -0.39 is 0 Å². The van der Waals surface area contributed by atoms with Gasteiger partial charge in [0.05, 0.1) is 38.7 Å². The van der Waals surface area contributed by atoms with Crippen LogP contribution in [0.2, 0.25) is 0 Å². The van der Waals surface area contributed by atoms with E-state index in [0.29, 0.717) is 42.5 Å². The molecule has 180 valence electrons. The number of rotatable bonds is 8. The Labute approximate surface area is 200 Å². The Hall–Kier alpha value is -3.36. The van der Waals surface area contributed by atoms with Crippen molar-refractivity contribution in [2.45, 2.75) is 19.4 Å². The molecule has 0 bridgehead atoms. The molecule has 1 saturated heterocycles. The summed E-state index contributed by atoms with van der Waals surface area (Å²) >= 11 is 0. The van der Waals surface area contributed by atoms with Crippen molar-refractivity contribution in [1.29, 1.82) is 0 Å². The molecule has 0 radical (unpaired) electrons. The van der Waals surface area contributed by atoms with Gasteiger partial charge in [-0.25, -0.2) is 4.68 Å². The van der Waals surface area contributed by atoms with Gasteiger partial charge in [-0.1, -0.05) is 18.2 Å². The number of benzene rings is 2. The number of amides is 1. The van der Waals surface area contributed by atoms with Crippen molar-refractivity contribution in [3.8, 4) is 28.4 Å². The summed E-state index contributed by atoms with van der Waals surface area (Å²) in [7, 11) is 3.18. The van der Waals surface area contributed by atoms with Gasteiger partial charge in [0, 0.05) is 36.9 Å². The Balaban J connectivity index is 1.65. The second-order valence-electron chi connectivity index (χ2n) is 8.84. The van der Waals surface area contributed by atoms with E-state index >= 15 is 0 Å². The molecule has 1 aromatic heterocycles. The number of carbonyl (C=O) groups excluding carboxylic acids is 1. The molecular weight excluding hydrogens is 432 g/mol. The highest BCUT2D eigenvalue weighted by atomic mass is 16.5. The molecule has 1 amide bonds. The summed E-state index contributed by atoms with van der Waals surface area (Å²) in [5.74, 6) is 1.02. The van der Waals surface area contributed by atoms with Crippen molar-refractivity contribution < 1.29 is 19.0 Å². The SMILES string of the molecule is COc1ccc(-c2nn(-c3ccccc3)cc2C(=O)NCC(C)(C)N2CCOCC2)cc1OC. The van der Waals surface area contributed by atoms with Crippen LogP contribution in [0.5, 0.6) is 11.5 Å². The zero-order chi connectivity index (χ0) is 24.1. The Bertz CT molecular complexity index is 1120. The number of morpholine rings is 1. The maximum absolute atomic E-state index is 13.4. The molecule has 1 N–H and O–H groups in total. The molecule has 2 heterocycles. The molecule has 0 aliphatic carbocycles. The van der Waals surface area contributed by atoms with Crippen LogP contribution < -0.4 is 14.8 Å². The van der Waals surface area contributed by atoms with Gasteiger partial charge in [0.2, 0.25) is 0 Å².